The first kappa shape index (κ1) is 20.9. The van der Waals surface area contributed by atoms with Gasteiger partial charge in [-0.25, -0.2) is 0 Å². The van der Waals surface area contributed by atoms with Gasteiger partial charge in [0.05, 0.1) is 22.7 Å². The quantitative estimate of drug-likeness (QED) is 0.366. The number of fused-ring (bicyclic) bond motifs is 3. The Kier molecular flexibility index (Phi) is 5.58. The van der Waals surface area contributed by atoms with Crippen molar-refractivity contribution in [2.75, 3.05) is 13.2 Å². The molecule has 0 aliphatic carbocycles. The molecule has 0 spiro atoms. The molecule has 0 unspecified atom stereocenters. The fourth-order valence-corrected chi connectivity index (χ4v) is 4.81. The lowest BCUT2D eigenvalue weighted by Gasteiger charge is -2.36. The van der Waals surface area contributed by atoms with Crippen molar-refractivity contribution >= 4 is 40.0 Å². The van der Waals surface area contributed by atoms with Crippen LogP contribution in [-0.4, -0.2) is 28.9 Å². The number of ether oxygens (including phenoxy) is 1. The summed E-state index contributed by atoms with van der Waals surface area (Å²) in [5.74, 6) is 0.734. The topological polar surface area (TPSA) is 45.3 Å². The first-order valence-electron chi connectivity index (χ1n) is 10.6. The van der Waals surface area contributed by atoms with Crippen molar-refractivity contribution in [2.24, 2.45) is 0 Å². The van der Waals surface area contributed by atoms with Crippen molar-refractivity contribution in [2.45, 2.75) is 19.4 Å². The molecule has 1 atom stereocenters. The van der Waals surface area contributed by atoms with Gasteiger partial charge in [0.15, 0.2) is 0 Å². The largest absolute Gasteiger partial charge is 0.494 e. The fourth-order valence-electron chi connectivity index (χ4n) is 4.51. The summed E-state index contributed by atoms with van der Waals surface area (Å²) in [6.45, 7) is 3.17. The van der Waals surface area contributed by atoms with Crippen LogP contribution >= 0.6 is 23.2 Å². The second kappa shape index (κ2) is 8.53. The zero-order valence-electron chi connectivity index (χ0n) is 17.6. The fraction of sp³-hybridized carbons (Fsp3) is 0.192. The number of aromatic amines is 1. The van der Waals surface area contributed by atoms with Gasteiger partial charge in [0.25, 0.3) is 5.91 Å². The van der Waals surface area contributed by atoms with Crippen molar-refractivity contribution in [3.05, 3.63) is 99.2 Å². The summed E-state index contributed by atoms with van der Waals surface area (Å²) in [6, 6.07) is 21.1. The number of rotatable bonds is 4. The highest BCUT2D eigenvalue weighted by atomic mass is 35.5. The van der Waals surface area contributed by atoms with E-state index in [1.54, 1.807) is 18.2 Å². The number of para-hydroxylation sites is 1. The van der Waals surface area contributed by atoms with E-state index in [-0.39, 0.29) is 11.9 Å². The molecule has 1 aromatic heterocycles. The maximum Gasteiger partial charge on any atom is 0.254 e. The summed E-state index contributed by atoms with van der Waals surface area (Å²) in [5, 5.41) is 2.02. The van der Waals surface area contributed by atoms with E-state index in [4.69, 9.17) is 27.9 Å². The summed E-state index contributed by atoms with van der Waals surface area (Å²) < 4.78 is 5.62. The predicted molar refractivity (Wildman–Crippen MR) is 129 cm³/mol. The molecule has 0 fully saturated rings. The SMILES string of the molecule is CCOc1ccc([C@@H]2c3[nH]c4ccccc4c3CCN2C(=O)c2ccc(Cl)c(Cl)c2)cc1. The highest BCUT2D eigenvalue weighted by molar-refractivity contribution is 6.42. The maximum absolute atomic E-state index is 13.6. The number of benzene rings is 3. The van der Waals surface area contributed by atoms with Gasteiger partial charge in [0, 0.05) is 28.7 Å². The van der Waals surface area contributed by atoms with Crippen LogP contribution in [0.2, 0.25) is 10.0 Å². The highest BCUT2D eigenvalue weighted by Gasteiger charge is 2.35. The Labute approximate surface area is 196 Å². The van der Waals surface area contributed by atoms with E-state index in [0.717, 1.165) is 28.9 Å². The molecule has 0 saturated heterocycles. The molecular weight excluding hydrogens is 443 g/mol. The van der Waals surface area contributed by atoms with Crippen molar-refractivity contribution in [3.63, 3.8) is 0 Å². The standard InChI is InChI=1S/C26H22Cl2N2O2/c1-2-32-18-10-7-16(8-11-18)25-24-20(19-5-3-4-6-23(19)29-24)13-14-30(25)26(31)17-9-12-21(27)22(28)15-17/h3-12,15,25,29H,2,13-14H2,1H3/t25-/m1/s1. The lowest BCUT2D eigenvalue weighted by Crippen LogP contribution is -2.40. The normalized spacial score (nSPS) is 15.6. The van der Waals surface area contributed by atoms with Crippen molar-refractivity contribution in [1.29, 1.82) is 0 Å². The van der Waals surface area contributed by atoms with E-state index in [9.17, 15) is 4.79 Å². The van der Waals surface area contributed by atoms with Crippen LogP contribution < -0.4 is 4.74 Å². The first-order valence-corrected chi connectivity index (χ1v) is 11.4. The number of nitrogens with one attached hydrogen (secondary N) is 1. The second-order valence-corrected chi connectivity index (χ2v) is 8.66. The van der Waals surface area contributed by atoms with Crippen LogP contribution in [0.25, 0.3) is 10.9 Å². The summed E-state index contributed by atoms with van der Waals surface area (Å²) in [6.07, 6.45) is 0.778. The van der Waals surface area contributed by atoms with E-state index < -0.39 is 0 Å². The lowest BCUT2D eigenvalue weighted by atomic mass is 9.91. The van der Waals surface area contributed by atoms with Crippen LogP contribution in [0, 0.1) is 0 Å². The molecule has 3 aromatic carbocycles. The summed E-state index contributed by atoms with van der Waals surface area (Å²) >= 11 is 12.3. The van der Waals surface area contributed by atoms with Gasteiger partial charge in [-0.2, -0.15) is 0 Å². The molecule has 5 rings (SSSR count). The number of hydrogen-bond acceptors (Lipinski definition) is 2. The number of carbonyl (C=O) groups is 1. The average Bonchev–Trinajstić information content (AvgIpc) is 3.19. The molecule has 4 nitrogen and oxygen atoms in total. The molecule has 1 N–H and O–H groups in total. The molecule has 0 bridgehead atoms. The number of H-pyrrole nitrogens is 1. The van der Waals surface area contributed by atoms with Gasteiger partial charge in [-0.15, -0.1) is 0 Å². The van der Waals surface area contributed by atoms with Gasteiger partial charge in [-0.3, -0.25) is 4.79 Å². The third kappa shape index (κ3) is 3.64. The van der Waals surface area contributed by atoms with Crippen LogP contribution in [-0.2, 0) is 6.42 Å². The van der Waals surface area contributed by atoms with Gasteiger partial charge in [0.1, 0.15) is 5.75 Å². The van der Waals surface area contributed by atoms with Crippen LogP contribution in [0.5, 0.6) is 5.75 Å². The third-order valence-corrected chi connectivity index (χ3v) is 6.71. The molecule has 1 amide bonds. The minimum atomic E-state index is -0.246. The Hall–Kier alpha value is -2.95. The lowest BCUT2D eigenvalue weighted by molar-refractivity contribution is 0.0692. The summed E-state index contributed by atoms with van der Waals surface area (Å²) in [4.78, 5) is 19.1. The molecular formula is C26H22Cl2N2O2. The first-order chi connectivity index (χ1) is 15.6. The summed E-state index contributed by atoms with van der Waals surface area (Å²) in [7, 11) is 0. The van der Waals surface area contributed by atoms with Crippen molar-refractivity contribution < 1.29 is 9.53 Å². The van der Waals surface area contributed by atoms with Crippen molar-refractivity contribution in [3.8, 4) is 5.75 Å². The number of aromatic nitrogens is 1. The third-order valence-electron chi connectivity index (χ3n) is 5.97. The number of hydrogen-bond donors (Lipinski definition) is 1. The van der Waals surface area contributed by atoms with E-state index in [1.807, 2.05) is 42.2 Å². The van der Waals surface area contributed by atoms with E-state index >= 15 is 0 Å². The minimum absolute atomic E-state index is 0.0771. The number of halogens is 2. The number of nitrogens with zero attached hydrogens (tertiary/aromatic N) is 1. The summed E-state index contributed by atoms with van der Waals surface area (Å²) in [5.41, 5.74) is 4.94. The monoisotopic (exact) mass is 464 g/mol. The van der Waals surface area contributed by atoms with Crippen molar-refractivity contribution in [1.82, 2.24) is 9.88 Å². The zero-order chi connectivity index (χ0) is 22.2. The number of amides is 1. The van der Waals surface area contributed by atoms with Gasteiger partial charge in [-0.05, 0) is 60.9 Å². The van der Waals surface area contributed by atoms with E-state index in [1.165, 1.54) is 10.9 Å². The Balaban J connectivity index is 1.62. The molecule has 0 saturated carbocycles. The molecule has 1 aliphatic heterocycles. The van der Waals surface area contributed by atoms with Gasteiger partial charge < -0.3 is 14.6 Å². The van der Waals surface area contributed by atoms with E-state index in [0.29, 0.717) is 28.8 Å². The van der Waals surface area contributed by atoms with Crippen LogP contribution in [0.15, 0.2) is 66.7 Å². The molecule has 6 heteroatoms. The Morgan fingerprint density at radius 2 is 1.84 bits per heavy atom. The van der Waals surface area contributed by atoms with E-state index in [2.05, 4.69) is 23.2 Å². The smallest absolute Gasteiger partial charge is 0.254 e. The van der Waals surface area contributed by atoms with Crippen LogP contribution in [0.3, 0.4) is 0 Å². The Morgan fingerprint density at radius 1 is 1.06 bits per heavy atom. The number of carbonyl (C=O) groups excluding carboxylic acids is 1. The average molecular weight is 465 g/mol. The molecule has 32 heavy (non-hydrogen) atoms. The van der Waals surface area contributed by atoms with Gasteiger partial charge in [0.2, 0.25) is 0 Å². The van der Waals surface area contributed by atoms with Gasteiger partial charge >= 0.3 is 0 Å². The predicted octanol–water partition coefficient (Wildman–Crippen LogP) is 6.66. The molecule has 2 heterocycles. The highest BCUT2D eigenvalue weighted by Crippen LogP contribution is 2.39. The molecule has 0 radical (unpaired) electrons. The minimum Gasteiger partial charge on any atom is -0.494 e. The Bertz CT molecular complexity index is 1300. The van der Waals surface area contributed by atoms with Crippen LogP contribution in [0.4, 0.5) is 0 Å². The second-order valence-electron chi connectivity index (χ2n) is 7.84. The Morgan fingerprint density at radius 3 is 2.59 bits per heavy atom. The maximum atomic E-state index is 13.6. The molecule has 162 valence electrons. The molecule has 1 aliphatic rings. The van der Waals surface area contributed by atoms with Gasteiger partial charge in [-0.1, -0.05) is 53.5 Å². The zero-order valence-corrected chi connectivity index (χ0v) is 19.1. The van der Waals surface area contributed by atoms with Crippen LogP contribution in [0.1, 0.15) is 40.1 Å². The molecule has 4 aromatic rings.